The third-order valence-electron chi connectivity index (χ3n) is 11.7. The molecule has 4 aromatic rings. The molecule has 18 nitrogen and oxygen atoms in total. The lowest BCUT2D eigenvalue weighted by atomic mass is 9.93. The second kappa shape index (κ2) is 25.6. The number of carbonyl (C=O) groups is 2. The zero-order valence-electron chi connectivity index (χ0n) is 44.0. The lowest BCUT2D eigenvalue weighted by Gasteiger charge is -2.33. The molecule has 0 radical (unpaired) electrons. The molecule has 2 fully saturated rings. The molecule has 0 spiro atoms. The van der Waals surface area contributed by atoms with E-state index >= 15 is 0 Å². The summed E-state index contributed by atoms with van der Waals surface area (Å²) in [5.41, 5.74) is 6.04. The van der Waals surface area contributed by atoms with Gasteiger partial charge in [0.15, 0.2) is 10.1 Å². The van der Waals surface area contributed by atoms with Crippen LogP contribution in [0.2, 0.25) is 0 Å². The summed E-state index contributed by atoms with van der Waals surface area (Å²) < 4.78 is 81.4. The molecule has 73 heavy (non-hydrogen) atoms. The molecule has 6 rings (SSSR count). The van der Waals surface area contributed by atoms with Crippen LogP contribution >= 0.6 is 0 Å². The number of hydrogen-bond acceptors (Lipinski definition) is 14. The number of aromatic nitrogens is 2. The molecule has 2 aromatic carbocycles. The molecule has 2 atom stereocenters. The van der Waals surface area contributed by atoms with E-state index in [0.29, 0.717) is 43.1 Å². The van der Waals surface area contributed by atoms with Gasteiger partial charge in [-0.15, -0.1) is 0 Å². The minimum atomic E-state index is -4.06. The Hall–Kier alpha value is -5.61. The second-order valence-corrected chi connectivity index (χ2v) is 24.6. The summed E-state index contributed by atoms with van der Waals surface area (Å²) >= 11 is 0. The molecular weight excluding hydrogens is 980 g/mol. The molecule has 2 aromatic heterocycles. The lowest BCUT2D eigenvalue weighted by molar-refractivity contribution is 0.0118. The van der Waals surface area contributed by atoms with E-state index in [0.717, 1.165) is 74.9 Å². The van der Waals surface area contributed by atoms with Crippen LogP contribution in [-0.2, 0) is 42.7 Å². The van der Waals surface area contributed by atoms with Crippen molar-refractivity contribution >= 4 is 38.1 Å². The van der Waals surface area contributed by atoms with Gasteiger partial charge in [0, 0.05) is 55.0 Å². The number of likely N-dealkylation sites (tertiary alicyclic amines) is 2. The van der Waals surface area contributed by atoms with Crippen molar-refractivity contribution in [3.05, 3.63) is 102 Å². The monoisotopic (exact) mass is 1060 g/mol. The van der Waals surface area contributed by atoms with Gasteiger partial charge in [0.25, 0.3) is 20.0 Å². The summed E-state index contributed by atoms with van der Waals surface area (Å²) in [7, 11) is -8.06. The van der Waals surface area contributed by atoms with E-state index in [4.69, 9.17) is 35.0 Å². The summed E-state index contributed by atoms with van der Waals surface area (Å²) in [5.74, 6) is 0.742. The summed E-state index contributed by atoms with van der Waals surface area (Å²) in [6.45, 7) is 22.9. The van der Waals surface area contributed by atoms with E-state index in [1.165, 1.54) is 6.07 Å². The first kappa shape index (κ1) is 59.9. The number of hydrogen-bond donors (Lipinski definition) is 4. The highest BCUT2D eigenvalue weighted by molar-refractivity contribution is 7.89. The molecule has 404 valence electrons. The Morgan fingerprint density at radius 2 is 1.08 bits per heavy atom. The average Bonchev–Trinajstić information content (AvgIpc) is 3.77. The first-order valence-electron chi connectivity index (χ1n) is 24.4. The van der Waals surface area contributed by atoms with Crippen molar-refractivity contribution in [2.24, 2.45) is 27.8 Å². The van der Waals surface area contributed by atoms with Crippen molar-refractivity contribution in [3.8, 4) is 11.5 Å². The Morgan fingerprint density at radius 3 is 1.49 bits per heavy atom. The predicted molar refractivity (Wildman–Crippen MR) is 279 cm³/mol. The molecule has 7 N–H and O–H groups in total. The van der Waals surface area contributed by atoms with Gasteiger partial charge in [0.2, 0.25) is 5.95 Å². The van der Waals surface area contributed by atoms with E-state index in [2.05, 4.69) is 43.0 Å². The van der Waals surface area contributed by atoms with E-state index in [1.807, 2.05) is 112 Å². The van der Waals surface area contributed by atoms with Crippen LogP contribution in [0.15, 0.2) is 95.0 Å². The fourth-order valence-corrected chi connectivity index (χ4v) is 9.41. The third-order valence-corrected chi connectivity index (χ3v) is 13.2. The number of sulfonamides is 2. The van der Waals surface area contributed by atoms with Gasteiger partial charge >= 0.3 is 12.2 Å². The Balaban J connectivity index is 0.000000262. The second-order valence-electron chi connectivity index (χ2n) is 21.6. The van der Waals surface area contributed by atoms with Crippen molar-refractivity contribution in [2.45, 2.75) is 153 Å². The molecule has 2 amide bonds. The molecule has 2 saturated heterocycles. The number of nitrogens with one attached hydrogen (secondary N) is 1. The Morgan fingerprint density at radius 1 is 0.671 bits per heavy atom. The number of anilines is 1. The number of nitrogens with zero attached hydrogens (tertiary/aromatic N) is 4. The van der Waals surface area contributed by atoms with Crippen LogP contribution in [-0.4, -0.2) is 97.2 Å². The highest BCUT2D eigenvalue weighted by Gasteiger charge is 2.43. The summed E-state index contributed by atoms with van der Waals surface area (Å²) in [6, 6.07) is 23.9. The molecular formula is C52H77FN8O10S2. The quantitative estimate of drug-likeness (QED) is 0.0604. The van der Waals surface area contributed by atoms with E-state index in [-0.39, 0.29) is 40.6 Å². The summed E-state index contributed by atoms with van der Waals surface area (Å²) in [4.78, 5) is 35.9. The summed E-state index contributed by atoms with van der Waals surface area (Å²) in [6.07, 6.45) is 5.31. The smallest absolute Gasteiger partial charge is 0.410 e. The van der Waals surface area contributed by atoms with Crippen LogP contribution in [0.1, 0.15) is 119 Å². The van der Waals surface area contributed by atoms with Crippen LogP contribution in [0.3, 0.4) is 0 Å². The van der Waals surface area contributed by atoms with Gasteiger partial charge in [0.05, 0.1) is 0 Å². The number of rotatable bonds is 16. The molecule has 2 aliphatic rings. The SMILES string of the molecule is CC(C)(C)OC(=O)N1CC(CCCN)CC1(C)C.CC(C)(C)OC(=O)N1CC(CCCNc2cc(OCc3ccccc3)cc(S(N)(=O)=O)n2)CC1(C)C.NS(=O)(=O)c1cc(OCc2ccccc2)cc(F)n1. The molecule has 21 heteroatoms. The molecule has 0 aliphatic carbocycles. The molecule has 0 bridgehead atoms. The van der Waals surface area contributed by atoms with Gasteiger partial charge in [-0.1, -0.05) is 60.7 Å². The van der Waals surface area contributed by atoms with Gasteiger partial charge in [-0.05, 0) is 137 Å². The maximum Gasteiger partial charge on any atom is 0.410 e. The van der Waals surface area contributed by atoms with E-state index in [9.17, 15) is 30.8 Å². The highest BCUT2D eigenvalue weighted by atomic mass is 32.2. The Labute approximate surface area is 432 Å². The number of pyridine rings is 2. The molecule has 4 heterocycles. The molecule has 0 saturated carbocycles. The minimum Gasteiger partial charge on any atom is -0.489 e. The molecule has 2 aliphatic heterocycles. The zero-order valence-corrected chi connectivity index (χ0v) is 45.7. The number of nitrogens with two attached hydrogens (primary N) is 3. The average molecular weight is 1060 g/mol. The van der Waals surface area contributed by atoms with Gasteiger partial charge in [-0.25, -0.2) is 46.7 Å². The van der Waals surface area contributed by atoms with Crippen LogP contribution in [0.4, 0.5) is 19.8 Å². The first-order valence-corrected chi connectivity index (χ1v) is 27.5. The standard InChI is InChI=1S/C26H38N4O5S.C14H28N2O2.C12H11FN2O3S/c1-25(2,3)35-24(31)30-17-20(16-26(30,4)5)12-9-13-28-22-14-21(15-23(29-22)36(27,32)33)34-18-19-10-7-6-8-11-19;1-13(2,3)18-12(17)16-10-11(7-6-8-15)9-14(16,4)5;13-11-6-10(7-12(15-11)19(14,16)17)18-8-9-4-2-1-3-5-9/h6-8,10-11,14-15,20H,9,12-13,16-18H2,1-5H3,(H,28,29)(H2,27,32,33);11H,6-10,15H2,1-5H3;1-7H,8H2,(H2,14,16,17). The van der Waals surface area contributed by atoms with Crippen LogP contribution < -0.4 is 30.8 Å². The van der Waals surface area contributed by atoms with Crippen molar-refractivity contribution in [3.63, 3.8) is 0 Å². The maximum atomic E-state index is 13.2. The number of carbonyl (C=O) groups excluding carboxylic acids is 2. The van der Waals surface area contributed by atoms with Gasteiger partial charge < -0.3 is 39.8 Å². The highest BCUT2D eigenvalue weighted by Crippen LogP contribution is 2.37. The third kappa shape index (κ3) is 20.7. The van der Waals surface area contributed by atoms with Gasteiger partial charge in [-0.3, -0.25) is 0 Å². The van der Waals surface area contributed by atoms with Gasteiger partial charge in [-0.2, -0.15) is 4.39 Å². The summed E-state index contributed by atoms with van der Waals surface area (Å²) in [5, 5.41) is 12.6. The Kier molecular flexibility index (Phi) is 21.0. The van der Waals surface area contributed by atoms with Crippen molar-refractivity contribution in [1.29, 1.82) is 0 Å². The number of ether oxygens (including phenoxy) is 4. The fourth-order valence-electron chi connectivity index (χ4n) is 8.41. The number of halogens is 1. The number of primary sulfonamides is 2. The van der Waals surface area contributed by atoms with Crippen molar-refractivity contribution in [2.75, 3.05) is 31.5 Å². The lowest BCUT2D eigenvalue weighted by Crippen LogP contribution is -2.45. The van der Waals surface area contributed by atoms with Crippen LogP contribution in [0.5, 0.6) is 11.5 Å². The molecule has 2 unspecified atom stereocenters. The first-order chi connectivity index (χ1) is 33.8. The van der Waals surface area contributed by atoms with E-state index in [1.54, 1.807) is 6.07 Å². The largest absolute Gasteiger partial charge is 0.489 e. The van der Waals surface area contributed by atoms with Crippen LogP contribution in [0, 0.1) is 17.8 Å². The number of amides is 2. The maximum absolute atomic E-state index is 13.2. The van der Waals surface area contributed by atoms with Crippen molar-refractivity contribution in [1.82, 2.24) is 19.8 Å². The number of benzene rings is 2. The fraction of sp³-hybridized carbons (Fsp3) is 0.538. The topological polar surface area (TPSA) is 262 Å². The van der Waals surface area contributed by atoms with Crippen molar-refractivity contribution < 1.29 is 49.8 Å². The normalized spacial score (nSPS) is 17.3. The zero-order chi connectivity index (χ0) is 54.4. The predicted octanol–water partition coefficient (Wildman–Crippen LogP) is 8.74. The van der Waals surface area contributed by atoms with Gasteiger partial charge in [0.1, 0.15) is 41.7 Å². The Bertz CT molecular complexity index is 2650. The van der Waals surface area contributed by atoms with Crippen LogP contribution in [0.25, 0.3) is 0 Å². The van der Waals surface area contributed by atoms with E-state index < -0.39 is 42.2 Å². The minimum absolute atomic E-state index is 0.0559.